The second-order valence-electron chi connectivity index (χ2n) is 10.6. The molecule has 0 saturated carbocycles. The first kappa shape index (κ1) is 28.8. The zero-order valence-electron chi connectivity index (χ0n) is 23.4. The highest BCUT2D eigenvalue weighted by Gasteiger charge is 2.29. The van der Waals surface area contributed by atoms with E-state index in [-0.39, 0.29) is 24.0 Å². The highest BCUT2D eigenvalue weighted by atomic mass is 16.4. The molecule has 212 valence electrons. The summed E-state index contributed by atoms with van der Waals surface area (Å²) in [6.45, 7) is 8.05. The molecule has 0 aliphatic carbocycles. The fourth-order valence-electron chi connectivity index (χ4n) is 4.47. The second kappa shape index (κ2) is 12.8. The lowest BCUT2D eigenvalue weighted by Crippen LogP contribution is -2.38. The van der Waals surface area contributed by atoms with Gasteiger partial charge >= 0.3 is 11.8 Å². The Hall–Kier alpha value is -4.16. The Morgan fingerprint density at radius 2 is 2.12 bits per heavy atom. The molecule has 5 N–H and O–H groups in total. The van der Waals surface area contributed by atoms with Crippen molar-refractivity contribution in [1.82, 2.24) is 30.4 Å². The van der Waals surface area contributed by atoms with E-state index >= 15 is 0 Å². The largest absolute Gasteiger partial charge is 0.416 e. The predicted molar refractivity (Wildman–Crippen MR) is 153 cm³/mol. The normalized spacial score (nSPS) is 16.5. The van der Waals surface area contributed by atoms with Crippen molar-refractivity contribution < 1.29 is 14.3 Å². The van der Waals surface area contributed by atoms with Crippen molar-refractivity contribution in [2.75, 3.05) is 38.6 Å². The number of rotatable bonds is 9. The summed E-state index contributed by atoms with van der Waals surface area (Å²) < 4.78 is 5.68. The molecule has 1 aliphatic rings. The molecular formula is C28H37N9O3. The molecule has 3 heterocycles. The summed E-state index contributed by atoms with van der Waals surface area (Å²) in [7, 11) is 1.66. The highest BCUT2D eigenvalue weighted by Crippen LogP contribution is 2.29. The van der Waals surface area contributed by atoms with Gasteiger partial charge in [0.2, 0.25) is 11.8 Å². The number of benzene rings is 1. The number of carbonyl (C=O) groups is 1. The lowest BCUT2D eigenvalue weighted by molar-refractivity contribution is 0.0886. The third kappa shape index (κ3) is 7.07. The van der Waals surface area contributed by atoms with Crippen molar-refractivity contribution in [3.8, 4) is 11.3 Å². The average molecular weight is 548 g/mol. The minimum Gasteiger partial charge on any atom is -0.416 e. The van der Waals surface area contributed by atoms with Gasteiger partial charge in [0.25, 0.3) is 0 Å². The van der Waals surface area contributed by atoms with Gasteiger partial charge in [-0.1, -0.05) is 32.9 Å². The van der Waals surface area contributed by atoms with E-state index < -0.39 is 5.91 Å². The minimum atomic E-state index is -0.419. The standard InChI is InChI=1S/C28H37N9O3/c1-28(2,3)26-36-35-25(40-26)24(39)33-23-17-37(11-5-13-38)12-9-18-14-19(6-7-21(18)23)22-8-10-31-27(34-22)32-20(15-29)16-30-4/h6-8,10,14-16,23,38H,5,9,11-13,17,29H2,1-4H3,(H,33,39)(H,31,32,34). The van der Waals surface area contributed by atoms with Crippen LogP contribution in [0.15, 0.2) is 51.8 Å². The molecule has 0 fully saturated rings. The third-order valence-corrected chi connectivity index (χ3v) is 6.51. The molecule has 0 spiro atoms. The summed E-state index contributed by atoms with van der Waals surface area (Å²) in [6, 6.07) is 7.66. The summed E-state index contributed by atoms with van der Waals surface area (Å²) in [5.74, 6) is 0.327. The molecule has 0 saturated heterocycles. The van der Waals surface area contributed by atoms with Gasteiger partial charge in [-0.3, -0.25) is 9.79 Å². The Labute approximate surface area is 233 Å². The van der Waals surface area contributed by atoms with Gasteiger partial charge in [-0.05, 0) is 36.1 Å². The first-order valence-corrected chi connectivity index (χ1v) is 13.3. The highest BCUT2D eigenvalue weighted by molar-refractivity contribution is 5.89. The maximum absolute atomic E-state index is 13.2. The number of fused-ring (bicyclic) bond motifs is 1. The average Bonchev–Trinajstić information content (AvgIpc) is 3.39. The topological polar surface area (TPSA) is 168 Å². The van der Waals surface area contributed by atoms with E-state index in [1.165, 1.54) is 6.20 Å². The van der Waals surface area contributed by atoms with Crippen LogP contribution >= 0.6 is 0 Å². The van der Waals surface area contributed by atoms with Gasteiger partial charge in [-0.15, -0.1) is 10.2 Å². The summed E-state index contributed by atoms with van der Waals surface area (Å²) in [6.07, 6.45) is 6.11. The molecule has 0 bridgehead atoms. The van der Waals surface area contributed by atoms with Gasteiger partial charge in [0, 0.05) is 62.9 Å². The number of carbonyl (C=O) groups excluding carboxylic acids is 1. The number of hydrogen-bond donors (Lipinski definition) is 4. The fourth-order valence-corrected chi connectivity index (χ4v) is 4.47. The smallest absolute Gasteiger partial charge is 0.309 e. The van der Waals surface area contributed by atoms with E-state index in [2.05, 4.69) is 46.8 Å². The number of aromatic nitrogens is 4. The van der Waals surface area contributed by atoms with E-state index in [0.717, 1.165) is 41.9 Å². The minimum absolute atomic E-state index is 0.0609. The Balaban J connectivity index is 1.61. The van der Waals surface area contributed by atoms with E-state index in [1.54, 1.807) is 19.5 Å². The number of anilines is 1. The molecule has 1 amide bonds. The number of hydrogen-bond acceptors (Lipinski definition) is 11. The van der Waals surface area contributed by atoms with Crippen LogP contribution in [-0.2, 0) is 11.8 Å². The van der Waals surface area contributed by atoms with E-state index in [0.29, 0.717) is 30.5 Å². The van der Waals surface area contributed by atoms with Gasteiger partial charge in [0.1, 0.15) is 0 Å². The van der Waals surface area contributed by atoms with Crippen LogP contribution in [-0.4, -0.2) is 75.6 Å². The number of nitrogens with one attached hydrogen (secondary N) is 2. The molecule has 4 rings (SSSR count). The van der Waals surface area contributed by atoms with Crippen molar-refractivity contribution in [2.45, 2.75) is 45.1 Å². The van der Waals surface area contributed by atoms with Crippen LogP contribution in [0.1, 0.15) is 60.9 Å². The lowest BCUT2D eigenvalue weighted by Gasteiger charge is -2.25. The monoisotopic (exact) mass is 547 g/mol. The van der Waals surface area contributed by atoms with Gasteiger partial charge in [-0.25, -0.2) is 9.97 Å². The number of aliphatic hydroxyl groups is 1. The van der Waals surface area contributed by atoms with Crippen LogP contribution in [0, 0.1) is 0 Å². The number of amides is 1. The molecule has 2 aromatic heterocycles. The maximum Gasteiger partial charge on any atom is 0.309 e. The van der Waals surface area contributed by atoms with Crippen molar-refractivity contribution in [2.24, 2.45) is 10.7 Å². The Bertz CT molecular complexity index is 1380. The van der Waals surface area contributed by atoms with Crippen LogP contribution < -0.4 is 16.4 Å². The first-order valence-electron chi connectivity index (χ1n) is 13.3. The molecule has 12 nitrogen and oxygen atoms in total. The van der Waals surface area contributed by atoms with Crippen molar-refractivity contribution >= 4 is 18.1 Å². The van der Waals surface area contributed by atoms with Crippen LogP contribution in [0.4, 0.5) is 5.95 Å². The molecule has 12 heteroatoms. The maximum atomic E-state index is 13.2. The van der Waals surface area contributed by atoms with Crippen LogP contribution in [0.25, 0.3) is 11.3 Å². The third-order valence-electron chi connectivity index (χ3n) is 6.51. The molecule has 40 heavy (non-hydrogen) atoms. The Kier molecular flexibility index (Phi) is 9.22. The lowest BCUT2D eigenvalue weighted by atomic mass is 9.96. The molecular weight excluding hydrogens is 510 g/mol. The quantitative estimate of drug-likeness (QED) is 0.292. The molecule has 3 aromatic rings. The van der Waals surface area contributed by atoms with Crippen LogP contribution in [0.2, 0.25) is 0 Å². The van der Waals surface area contributed by atoms with Crippen molar-refractivity contribution in [3.05, 3.63) is 65.3 Å². The second-order valence-corrected chi connectivity index (χ2v) is 10.6. The van der Waals surface area contributed by atoms with E-state index in [1.807, 2.05) is 39.0 Å². The summed E-state index contributed by atoms with van der Waals surface area (Å²) in [4.78, 5) is 28.3. The summed E-state index contributed by atoms with van der Waals surface area (Å²) in [5, 5.41) is 23.6. The number of aliphatic imine (C=N–C) groups is 1. The SMILES string of the molecule is CN=CC(=CN)Nc1nccc(-c2ccc3c(c2)CCN(CCCO)CC3NC(=O)c2nnc(C(C)(C)C)o2)n1. The fraction of sp³-hybridized carbons (Fsp3) is 0.429. The van der Waals surface area contributed by atoms with Gasteiger partial charge in [-0.2, -0.15) is 0 Å². The van der Waals surface area contributed by atoms with Gasteiger partial charge in [0.15, 0.2) is 0 Å². The van der Waals surface area contributed by atoms with Crippen LogP contribution in [0.5, 0.6) is 0 Å². The Morgan fingerprint density at radius 3 is 2.83 bits per heavy atom. The van der Waals surface area contributed by atoms with Crippen molar-refractivity contribution in [3.63, 3.8) is 0 Å². The molecule has 1 unspecified atom stereocenters. The zero-order valence-corrected chi connectivity index (χ0v) is 23.4. The predicted octanol–water partition coefficient (Wildman–Crippen LogP) is 2.45. The molecule has 1 aromatic carbocycles. The van der Waals surface area contributed by atoms with Gasteiger partial charge < -0.3 is 30.8 Å². The van der Waals surface area contributed by atoms with E-state index in [9.17, 15) is 9.90 Å². The number of allylic oxidation sites excluding steroid dienone is 1. The molecule has 1 aliphatic heterocycles. The van der Waals surface area contributed by atoms with E-state index in [4.69, 9.17) is 10.2 Å². The molecule has 1 atom stereocenters. The number of nitrogens with two attached hydrogens (primary N) is 1. The Morgan fingerprint density at radius 1 is 1.30 bits per heavy atom. The first-order chi connectivity index (χ1) is 19.2. The number of nitrogens with zero attached hydrogens (tertiary/aromatic N) is 6. The summed E-state index contributed by atoms with van der Waals surface area (Å²) in [5.41, 5.74) is 9.66. The summed E-state index contributed by atoms with van der Waals surface area (Å²) >= 11 is 0. The number of aliphatic hydroxyl groups excluding tert-OH is 1. The molecule has 0 radical (unpaired) electrons. The van der Waals surface area contributed by atoms with Crippen molar-refractivity contribution in [1.29, 1.82) is 0 Å². The van der Waals surface area contributed by atoms with Gasteiger partial charge in [0.05, 0.1) is 17.4 Å². The zero-order chi connectivity index (χ0) is 28.7. The van der Waals surface area contributed by atoms with Crippen LogP contribution in [0.3, 0.4) is 0 Å².